The maximum atomic E-state index is 9.79. The molecule has 0 radical (unpaired) electrons. The molecule has 0 aromatic rings. The van der Waals surface area contributed by atoms with E-state index >= 15 is 0 Å². The summed E-state index contributed by atoms with van der Waals surface area (Å²) in [5.41, 5.74) is 0. The highest BCUT2D eigenvalue weighted by atomic mass is 16.5. The van der Waals surface area contributed by atoms with Gasteiger partial charge in [-0.3, -0.25) is 4.79 Å². The Balaban J connectivity index is 0. The molecule has 0 atom stereocenters. The van der Waals surface area contributed by atoms with Crippen molar-refractivity contribution in [2.24, 2.45) is 0 Å². The normalized spacial score (nSPS) is 9.85. The summed E-state index contributed by atoms with van der Waals surface area (Å²) in [5, 5.41) is 40.1. The van der Waals surface area contributed by atoms with Crippen molar-refractivity contribution in [1.82, 2.24) is 0 Å². The summed E-state index contributed by atoms with van der Waals surface area (Å²) >= 11 is 0. The Morgan fingerprint density at radius 1 is 1.23 bits per heavy atom. The number of aliphatic hydroxyl groups excluding tert-OH is 1. The van der Waals surface area contributed by atoms with E-state index in [1.165, 1.54) is 0 Å². The molecule has 78 valence electrons. The second-order valence-corrected chi connectivity index (χ2v) is 2.01. The van der Waals surface area contributed by atoms with Gasteiger partial charge >= 0.3 is 11.9 Å². The van der Waals surface area contributed by atoms with Crippen molar-refractivity contribution < 1.29 is 35.1 Å². The van der Waals surface area contributed by atoms with E-state index in [1.54, 1.807) is 6.92 Å². The molecule has 0 saturated heterocycles. The minimum atomic E-state index is -3.16. The maximum Gasteiger partial charge on any atom is 0.364 e. The lowest BCUT2D eigenvalue weighted by Crippen LogP contribution is -2.40. The van der Waals surface area contributed by atoms with Gasteiger partial charge in [-0.1, -0.05) is 0 Å². The second kappa shape index (κ2) is 6.35. The quantitative estimate of drug-likeness (QED) is 0.337. The van der Waals surface area contributed by atoms with Gasteiger partial charge in [-0.25, -0.2) is 4.79 Å². The van der Waals surface area contributed by atoms with Crippen LogP contribution in [0.1, 0.15) is 13.3 Å². The maximum absolute atomic E-state index is 9.79. The van der Waals surface area contributed by atoms with Gasteiger partial charge in [-0.05, 0) is 6.92 Å². The van der Waals surface area contributed by atoms with Gasteiger partial charge in [0.15, 0.2) is 0 Å². The third kappa shape index (κ3) is 8.73. The standard InChI is InChI=1S/C4H6O6.C2H6O/c5-2(6)1-4(9,10)3(7)8;1-2-3/h9-10H,1H2,(H,5,6)(H,7,8);3H,2H2,1H3. The molecule has 0 aliphatic carbocycles. The summed E-state index contributed by atoms with van der Waals surface area (Å²) in [6.45, 7) is 1.93. The molecule has 0 aromatic carbocycles. The highest BCUT2D eigenvalue weighted by Crippen LogP contribution is 2.04. The van der Waals surface area contributed by atoms with Gasteiger partial charge in [0.25, 0.3) is 5.79 Å². The molecule has 0 rings (SSSR count). The molecule has 0 unspecified atom stereocenters. The van der Waals surface area contributed by atoms with Crippen LogP contribution in [-0.2, 0) is 9.59 Å². The van der Waals surface area contributed by atoms with Crippen LogP contribution in [0, 0.1) is 0 Å². The molecular formula is C6H12O7. The highest BCUT2D eigenvalue weighted by Gasteiger charge is 2.35. The van der Waals surface area contributed by atoms with E-state index in [1.807, 2.05) is 0 Å². The zero-order chi connectivity index (χ0) is 11.1. The number of aliphatic carboxylic acids is 2. The number of aliphatic hydroxyl groups is 3. The smallest absolute Gasteiger partial charge is 0.364 e. The number of carbonyl (C=O) groups is 2. The molecule has 0 aromatic heterocycles. The van der Waals surface area contributed by atoms with Crippen molar-refractivity contribution in [3.8, 4) is 0 Å². The lowest BCUT2D eigenvalue weighted by molar-refractivity contribution is -0.208. The van der Waals surface area contributed by atoms with Crippen LogP contribution in [0.4, 0.5) is 0 Å². The van der Waals surface area contributed by atoms with E-state index in [-0.39, 0.29) is 6.61 Å². The topological polar surface area (TPSA) is 135 Å². The van der Waals surface area contributed by atoms with E-state index in [0.717, 1.165) is 0 Å². The van der Waals surface area contributed by atoms with Crippen molar-refractivity contribution in [3.05, 3.63) is 0 Å². The van der Waals surface area contributed by atoms with Gasteiger partial charge in [0.05, 0.1) is 0 Å². The summed E-state index contributed by atoms with van der Waals surface area (Å²) in [5.74, 6) is -6.73. The average molecular weight is 196 g/mol. The van der Waals surface area contributed by atoms with Crippen molar-refractivity contribution >= 4 is 11.9 Å². The molecule has 0 saturated carbocycles. The third-order valence-electron chi connectivity index (χ3n) is 0.740. The van der Waals surface area contributed by atoms with E-state index in [9.17, 15) is 9.59 Å². The number of carboxylic acid groups (broad SMARTS) is 2. The SMILES string of the molecule is CCO.O=C(O)CC(O)(O)C(=O)O. The molecule has 13 heavy (non-hydrogen) atoms. The van der Waals surface area contributed by atoms with Crippen molar-refractivity contribution in [2.45, 2.75) is 19.1 Å². The lowest BCUT2D eigenvalue weighted by atomic mass is 10.2. The molecule has 0 fully saturated rings. The van der Waals surface area contributed by atoms with Crippen molar-refractivity contribution in [2.75, 3.05) is 6.61 Å². The fourth-order valence-corrected chi connectivity index (χ4v) is 0.286. The van der Waals surface area contributed by atoms with E-state index in [2.05, 4.69) is 0 Å². The molecule has 7 nitrogen and oxygen atoms in total. The average Bonchev–Trinajstić information content (AvgIpc) is 1.85. The highest BCUT2D eigenvalue weighted by molar-refractivity contribution is 5.81. The molecule has 0 heterocycles. The van der Waals surface area contributed by atoms with Crippen LogP contribution >= 0.6 is 0 Å². The van der Waals surface area contributed by atoms with E-state index in [0.29, 0.717) is 0 Å². The zero-order valence-electron chi connectivity index (χ0n) is 6.97. The molecule has 0 aliphatic rings. The first-order chi connectivity index (χ1) is 5.77. The van der Waals surface area contributed by atoms with Crippen molar-refractivity contribution in [1.29, 1.82) is 0 Å². The Kier molecular flexibility index (Phi) is 7.01. The molecule has 0 bridgehead atoms. The first-order valence-electron chi connectivity index (χ1n) is 3.28. The van der Waals surface area contributed by atoms with Gasteiger partial charge < -0.3 is 25.5 Å². The zero-order valence-corrected chi connectivity index (χ0v) is 6.97. The predicted molar refractivity (Wildman–Crippen MR) is 39.8 cm³/mol. The van der Waals surface area contributed by atoms with Crippen LogP contribution in [0.3, 0.4) is 0 Å². The second-order valence-electron chi connectivity index (χ2n) is 2.01. The minimum Gasteiger partial charge on any atom is -0.481 e. The Hall–Kier alpha value is -1.18. The number of hydrogen-bond acceptors (Lipinski definition) is 5. The largest absolute Gasteiger partial charge is 0.481 e. The Morgan fingerprint density at radius 3 is 1.62 bits per heavy atom. The van der Waals surface area contributed by atoms with Gasteiger partial charge in [-0.15, -0.1) is 0 Å². The third-order valence-corrected chi connectivity index (χ3v) is 0.740. The molecule has 0 amide bonds. The van der Waals surface area contributed by atoms with Gasteiger partial charge in [0, 0.05) is 6.61 Å². The van der Waals surface area contributed by atoms with Crippen LogP contribution in [0.25, 0.3) is 0 Å². The molecule has 0 spiro atoms. The molecule has 7 heteroatoms. The van der Waals surface area contributed by atoms with Crippen LogP contribution in [-0.4, -0.2) is 49.9 Å². The van der Waals surface area contributed by atoms with Gasteiger partial charge in [0.1, 0.15) is 6.42 Å². The van der Waals surface area contributed by atoms with E-state index < -0.39 is 24.1 Å². The summed E-state index contributed by atoms with van der Waals surface area (Å²) in [4.78, 5) is 19.5. The van der Waals surface area contributed by atoms with Crippen LogP contribution in [0.5, 0.6) is 0 Å². The Labute approximate surface area is 73.9 Å². The van der Waals surface area contributed by atoms with Crippen LogP contribution in [0.15, 0.2) is 0 Å². The summed E-state index contributed by atoms with van der Waals surface area (Å²) < 4.78 is 0. The molecule has 0 aliphatic heterocycles. The van der Waals surface area contributed by atoms with Crippen LogP contribution < -0.4 is 0 Å². The fraction of sp³-hybridized carbons (Fsp3) is 0.667. The van der Waals surface area contributed by atoms with E-state index in [4.69, 9.17) is 25.5 Å². The summed E-state index contributed by atoms with van der Waals surface area (Å²) in [6.07, 6.45) is -1.23. The van der Waals surface area contributed by atoms with Crippen LogP contribution in [0.2, 0.25) is 0 Å². The Bertz CT molecular complexity index is 174. The number of rotatable bonds is 3. The summed E-state index contributed by atoms with van der Waals surface area (Å²) in [7, 11) is 0. The van der Waals surface area contributed by atoms with Gasteiger partial charge in [-0.2, -0.15) is 0 Å². The fourth-order valence-electron chi connectivity index (χ4n) is 0.286. The number of carboxylic acids is 2. The van der Waals surface area contributed by atoms with Crippen molar-refractivity contribution in [3.63, 3.8) is 0 Å². The lowest BCUT2D eigenvalue weighted by Gasteiger charge is -2.12. The Morgan fingerprint density at radius 2 is 1.54 bits per heavy atom. The monoisotopic (exact) mass is 196 g/mol. The van der Waals surface area contributed by atoms with Gasteiger partial charge in [0.2, 0.25) is 0 Å². The first kappa shape index (κ1) is 14.3. The summed E-state index contributed by atoms with van der Waals surface area (Å²) in [6, 6.07) is 0. The number of hydrogen-bond donors (Lipinski definition) is 5. The predicted octanol–water partition coefficient (Wildman–Crippen LogP) is -1.77. The minimum absolute atomic E-state index is 0.250. The molecule has 5 N–H and O–H groups in total. The first-order valence-corrected chi connectivity index (χ1v) is 3.28. The molecular weight excluding hydrogens is 184 g/mol.